The molecule has 8 nitrogen and oxygen atoms in total. The van der Waals surface area contributed by atoms with E-state index in [1.165, 1.54) is 0 Å². The van der Waals surface area contributed by atoms with E-state index in [9.17, 15) is 9.59 Å². The van der Waals surface area contributed by atoms with Gasteiger partial charge in [0.1, 0.15) is 17.6 Å². The van der Waals surface area contributed by atoms with Crippen LogP contribution in [0.25, 0.3) is 0 Å². The second-order valence-electron chi connectivity index (χ2n) is 6.86. The van der Waals surface area contributed by atoms with Gasteiger partial charge < -0.3 is 25.2 Å². The Morgan fingerprint density at radius 1 is 1.10 bits per heavy atom. The van der Waals surface area contributed by atoms with Gasteiger partial charge >= 0.3 is 6.03 Å². The van der Waals surface area contributed by atoms with Crippen LogP contribution in [-0.2, 0) is 11.3 Å². The summed E-state index contributed by atoms with van der Waals surface area (Å²) < 4.78 is 5.29. The first-order chi connectivity index (χ1) is 14.1. The molecule has 29 heavy (non-hydrogen) atoms. The standard InChI is InChI=1S/C21H27N5O3/c1-16(20(27)23-15-17-7-3-4-8-18(17)29-2)24-21(28)26-13-11-25(12-14-26)19-9-5-6-10-22-19/h3-10,16H,11-15H2,1-2H3,(H,23,27)(H,24,28). The van der Waals surface area contributed by atoms with E-state index < -0.39 is 6.04 Å². The molecule has 3 amide bonds. The van der Waals surface area contributed by atoms with Gasteiger partial charge in [-0.15, -0.1) is 0 Å². The van der Waals surface area contributed by atoms with Crippen molar-refractivity contribution in [3.05, 3.63) is 54.2 Å². The van der Waals surface area contributed by atoms with Gasteiger partial charge in [-0.3, -0.25) is 4.79 Å². The number of nitrogens with one attached hydrogen (secondary N) is 2. The Morgan fingerprint density at radius 3 is 2.52 bits per heavy atom. The lowest BCUT2D eigenvalue weighted by Gasteiger charge is -2.35. The first kappa shape index (κ1) is 20.4. The van der Waals surface area contributed by atoms with Crippen LogP contribution in [0.3, 0.4) is 0 Å². The summed E-state index contributed by atoms with van der Waals surface area (Å²) in [6, 6.07) is 12.4. The van der Waals surface area contributed by atoms with Crippen LogP contribution >= 0.6 is 0 Å². The third-order valence-electron chi connectivity index (χ3n) is 4.92. The highest BCUT2D eigenvalue weighted by atomic mass is 16.5. The van der Waals surface area contributed by atoms with E-state index in [-0.39, 0.29) is 11.9 Å². The molecule has 154 valence electrons. The van der Waals surface area contributed by atoms with Gasteiger partial charge in [-0.1, -0.05) is 24.3 Å². The Labute approximate surface area is 170 Å². The number of para-hydroxylation sites is 1. The molecule has 0 spiro atoms. The molecule has 1 aliphatic rings. The quantitative estimate of drug-likeness (QED) is 0.774. The van der Waals surface area contributed by atoms with Gasteiger partial charge in [-0.2, -0.15) is 0 Å². The summed E-state index contributed by atoms with van der Waals surface area (Å²) >= 11 is 0. The van der Waals surface area contributed by atoms with Gasteiger partial charge in [0.2, 0.25) is 5.91 Å². The molecule has 1 saturated heterocycles. The SMILES string of the molecule is COc1ccccc1CNC(=O)C(C)NC(=O)N1CCN(c2ccccn2)CC1. The number of hydrogen-bond acceptors (Lipinski definition) is 5. The number of amides is 3. The topological polar surface area (TPSA) is 86.8 Å². The fraction of sp³-hybridized carbons (Fsp3) is 0.381. The Bertz CT molecular complexity index is 822. The average molecular weight is 397 g/mol. The molecule has 2 heterocycles. The van der Waals surface area contributed by atoms with Crippen molar-refractivity contribution in [2.75, 3.05) is 38.2 Å². The Morgan fingerprint density at radius 2 is 1.83 bits per heavy atom. The zero-order valence-electron chi connectivity index (χ0n) is 16.8. The van der Waals surface area contributed by atoms with Gasteiger partial charge in [-0.05, 0) is 25.1 Å². The number of pyridine rings is 1. The predicted octanol–water partition coefficient (Wildman–Crippen LogP) is 1.63. The van der Waals surface area contributed by atoms with Gasteiger partial charge in [0.05, 0.1) is 7.11 Å². The van der Waals surface area contributed by atoms with Crippen molar-refractivity contribution in [3.63, 3.8) is 0 Å². The third-order valence-corrected chi connectivity index (χ3v) is 4.92. The highest BCUT2D eigenvalue weighted by Crippen LogP contribution is 2.16. The van der Waals surface area contributed by atoms with E-state index >= 15 is 0 Å². The van der Waals surface area contributed by atoms with E-state index in [4.69, 9.17) is 4.74 Å². The number of ether oxygens (including phenoxy) is 1. The molecule has 0 bridgehead atoms. The van der Waals surface area contributed by atoms with Gasteiger partial charge in [0.15, 0.2) is 0 Å². The molecule has 1 atom stereocenters. The van der Waals surface area contributed by atoms with Crippen LogP contribution in [0.5, 0.6) is 5.75 Å². The molecule has 2 N–H and O–H groups in total. The minimum atomic E-state index is -0.633. The lowest BCUT2D eigenvalue weighted by molar-refractivity contribution is -0.122. The summed E-state index contributed by atoms with van der Waals surface area (Å²) in [5.41, 5.74) is 0.882. The normalized spacial score (nSPS) is 14.8. The van der Waals surface area contributed by atoms with Crippen molar-refractivity contribution < 1.29 is 14.3 Å². The number of rotatable bonds is 6. The predicted molar refractivity (Wildman–Crippen MR) is 111 cm³/mol. The molecule has 1 aliphatic heterocycles. The molecule has 1 fully saturated rings. The van der Waals surface area contributed by atoms with Crippen LogP contribution in [0.1, 0.15) is 12.5 Å². The summed E-state index contributed by atoms with van der Waals surface area (Å²) in [5, 5.41) is 5.62. The Kier molecular flexibility index (Phi) is 6.89. The molecule has 0 saturated carbocycles. The van der Waals surface area contributed by atoms with Crippen molar-refractivity contribution in [2.45, 2.75) is 19.5 Å². The number of urea groups is 1. The fourth-order valence-corrected chi connectivity index (χ4v) is 3.21. The van der Waals surface area contributed by atoms with E-state index in [2.05, 4.69) is 20.5 Å². The maximum absolute atomic E-state index is 12.5. The zero-order valence-corrected chi connectivity index (χ0v) is 16.8. The highest BCUT2D eigenvalue weighted by Gasteiger charge is 2.24. The maximum atomic E-state index is 12.5. The number of carbonyl (C=O) groups is 2. The van der Waals surface area contributed by atoms with Crippen LogP contribution in [0.4, 0.5) is 10.6 Å². The zero-order chi connectivity index (χ0) is 20.6. The van der Waals surface area contributed by atoms with Crippen molar-refractivity contribution >= 4 is 17.8 Å². The number of hydrogen-bond donors (Lipinski definition) is 2. The molecular formula is C21H27N5O3. The Hall–Kier alpha value is -3.29. The summed E-state index contributed by atoms with van der Waals surface area (Å²) in [6.45, 7) is 4.60. The van der Waals surface area contributed by atoms with Crippen LogP contribution < -0.4 is 20.3 Å². The fourth-order valence-electron chi connectivity index (χ4n) is 3.21. The third kappa shape index (κ3) is 5.37. The smallest absolute Gasteiger partial charge is 0.318 e. The number of anilines is 1. The van der Waals surface area contributed by atoms with Gasteiger partial charge in [-0.25, -0.2) is 9.78 Å². The van der Waals surface area contributed by atoms with E-state index in [0.29, 0.717) is 32.7 Å². The Balaban J connectivity index is 1.44. The number of aromatic nitrogens is 1. The first-order valence-electron chi connectivity index (χ1n) is 9.69. The molecule has 0 aliphatic carbocycles. The molecule has 3 rings (SSSR count). The summed E-state index contributed by atoms with van der Waals surface area (Å²) in [6.07, 6.45) is 1.76. The van der Waals surface area contributed by atoms with Gasteiger partial charge in [0, 0.05) is 44.5 Å². The monoisotopic (exact) mass is 397 g/mol. The van der Waals surface area contributed by atoms with E-state index in [1.54, 1.807) is 25.1 Å². The van der Waals surface area contributed by atoms with Crippen LogP contribution in [0, 0.1) is 0 Å². The molecule has 1 aromatic carbocycles. The molecule has 0 radical (unpaired) electrons. The highest BCUT2D eigenvalue weighted by molar-refractivity contribution is 5.86. The average Bonchev–Trinajstić information content (AvgIpc) is 2.78. The van der Waals surface area contributed by atoms with Crippen molar-refractivity contribution in [2.24, 2.45) is 0 Å². The first-order valence-corrected chi connectivity index (χ1v) is 9.69. The van der Waals surface area contributed by atoms with Crippen molar-refractivity contribution in [1.29, 1.82) is 0 Å². The molecule has 1 aromatic heterocycles. The lowest BCUT2D eigenvalue weighted by Crippen LogP contribution is -2.55. The van der Waals surface area contributed by atoms with Crippen molar-refractivity contribution in [3.8, 4) is 5.75 Å². The van der Waals surface area contributed by atoms with Crippen LogP contribution in [0.2, 0.25) is 0 Å². The number of benzene rings is 1. The number of piperazine rings is 1. The second kappa shape index (κ2) is 9.77. The van der Waals surface area contributed by atoms with Crippen LogP contribution in [0.15, 0.2) is 48.7 Å². The van der Waals surface area contributed by atoms with Crippen molar-refractivity contribution in [1.82, 2.24) is 20.5 Å². The minimum absolute atomic E-state index is 0.231. The lowest BCUT2D eigenvalue weighted by atomic mass is 10.2. The second-order valence-corrected chi connectivity index (χ2v) is 6.86. The summed E-state index contributed by atoms with van der Waals surface area (Å²) in [4.78, 5) is 33.1. The largest absolute Gasteiger partial charge is 0.496 e. The van der Waals surface area contributed by atoms with Gasteiger partial charge in [0.25, 0.3) is 0 Å². The number of nitrogens with zero attached hydrogens (tertiary/aromatic N) is 3. The molecule has 2 aromatic rings. The van der Waals surface area contributed by atoms with Crippen LogP contribution in [-0.4, -0.2) is 61.2 Å². The minimum Gasteiger partial charge on any atom is -0.496 e. The summed E-state index contributed by atoms with van der Waals surface area (Å²) in [7, 11) is 1.59. The summed E-state index contributed by atoms with van der Waals surface area (Å²) in [5.74, 6) is 1.39. The molecule has 1 unspecified atom stereocenters. The molecular weight excluding hydrogens is 370 g/mol. The molecule has 8 heteroatoms. The number of methoxy groups -OCH3 is 1. The maximum Gasteiger partial charge on any atom is 0.318 e. The van der Waals surface area contributed by atoms with E-state index in [0.717, 1.165) is 17.1 Å². The number of carbonyl (C=O) groups excluding carboxylic acids is 2. The van der Waals surface area contributed by atoms with E-state index in [1.807, 2.05) is 42.5 Å².